The molecule has 0 atom stereocenters. The van der Waals surface area contributed by atoms with E-state index in [1.54, 1.807) is 18.2 Å². The lowest BCUT2D eigenvalue weighted by atomic mass is 10.2. The highest BCUT2D eigenvalue weighted by atomic mass is 35.5. The maximum absolute atomic E-state index is 12.4. The standard InChI is InChI=1S/C14H10Cl2N2O5S/c15-9-5-10(16)13(24(17,20)21)4-8(9)14(19)18-7-1-2-11-12(3-7)23-6-22-11/h1-5H,6H2,(H,18,19)(H2,17,20,21). The lowest BCUT2D eigenvalue weighted by Crippen LogP contribution is -2.17. The molecule has 2 aromatic rings. The summed E-state index contributed by atoms with van der Waals surface area (Å²) in [5.74, 6) is 0.426. The first-order chi connectivity index (χ1) is 11.3. The number of carbonyl (C=O) groups is 1. The van der Waals surface area contributed by atoms with Crippen molar-refractivity contribution in [1.29, 1.82) is 0 Å². The van der Waals surface area contributed by atoms with Crippen LogP contribution in [0, 0.1) is 0 Å². The van der Waals surface area contributed by atoms with Crippen molar-refractivity contribution in [2.75, 3.05) is 12.1 Å². The summed E-state index contributed by atoms with van der Waals surface area (Å²) in [6.45, 7) is 0.105. The molecule has 1 aliphatic rings. The van der Waals surface area contributed by atoms with Gasteiger partial charge in [0.05, 0.1) is 15.6 Å². The van der Waals surface area contributed by atoms with Gasteiger partial charge in [0.2, 0.25) is 16.8 Å². The lowest BCUT2D eigenvalue weighted by Gasteiger charge is -2.10. The van der Waals surface area contributed by atoms with Crippen molar-refractivity contribution in [2.24, 2.45) is 5.14 Å². The number of rotatable bonds is 3. The normalized spacial score (nSPS) is 13.0. The topological polar surface area (TPSA) is 108 Å². The van der Waals surface area contributed by atoms with Crippen LogP contribution in [-0.4, -0.2) is 21.1 Å². The van der Waals surface area contributed by atoms with E-state index < -0.39 is 15.9 Å². The van der Waals surface area contributed by atoms with Crippen molar-refractivity contribution >= 4 is 44.8 Å². The van der Waals surface area contributed by atoms with Gasteiger partial charge in [-0.3, -0.25) is 4.79 Å². The number of nitrogens with one attached hydrogen (secondary N) is 1. The van der Waals surface area contributed by atoms with Gasteiger partial charge in [0, 0.05) is 11.8 Å². The molecule has 0 spiro atoms. The summed E-state index contributed by atoms with van der Waals surface area (Å²) >= 11 is 11.8. The van der Waals surface area contributed by atoms with Gasteiger partial charge in [0.1, 0.15) is 4.90 Å². The largest absolute Gasteiger partial charge is 0.454 e. The fraction of sp³-hybridized carbons (Fsp3) is 0.0714. The summed E-state index contributed by atoms with van der Waals surface area (Å²) in [4.78, 5) is 12.0. The van der Waals surface area contributed by atoms with E-state index in [4.69, 9.17) is 37.8 Å². The average molecular weight is 389 g/mol. The van der Waals surface area contributed by atoms with Crippen LogP contribution in [0.25, 0.3) is 0 Å². The second-order valence-electron chi connectivity index (χ2n) is 4.83. The molecular formula is C14H10Cl2N2O5S. The van der Waals surface area contributed by atoms with Crippen molar-refractivity contribution in [3.63, 3.8) is 0 Å². The van der Waals surface area contributed by atoms with Gasteiger partial charge in [-0.25, -0.2) is 13.6 Å². The molecular weight excluding hydrogens is 379 g/mol. The molecule has 10 heteroatoms. The Morgan fingerprint density at radius 1 is 1.08 bits per heavy atom. The molecule has 3 N–H and O–H groups in total. The molecule has 0 aliphatic carbocycles. The molecule has 1 amide bonds. The Balaban J connectivity index is 1.93. The summed E-state index contributed by atoms with van der Waals surface area (Å²) in [6, 6.07) is 7.00. The number of halogens is 2. The monoisotopic (exact) mass is 388 g/mol. The average Bonchev–Trinajstić information content (AvgIpc) is 2.93. The van der Waals surface area contributed by atoms with Gasteiger partial charge in [-0.15, -0.1) is 0 Å². The third kappa shape index (κ3) is 3.27. The van der Waals surface area contributed by atoms with Gasteiger partial charge in [0.15, 0.2) is 11.5 Å². The van der Waals surface area contributed by atoms with E-state index in [-0.39, 0.29) is 27.3 Å². The van der Waals surface area contributed by atoms with Crippen molar-refractivity contribution in [2.45, 2.75) is 4.90 Å². The van der Waals surface area contributed by atoms with Gasteiger partial charge in [-0.2, -0.15) is 0 Å². The number of sulfonamides is 1. The number of carbonyl (C=O) groups excluding carboxylic acids is 1. The van der Waals surface area contributed by atoms with Crippen LogP contribution in [-0.2, 0) is 10.0 Å². The van der Waals surface area contributed by atoms with E-state index in [9.17, 15) is 13.2 Å². The highest BCUT2D eigenvalue weighted by Crippen LogP contribution is 2.35. The van der Waals surface area contributed by atoms with Crippen molar-refractivity contribution < 1.29 is 22.7 Å². The maximum Gasteiger partial charge on any atom is 0.257 e. The Labute approximate surface area is 147 Å². The third-order valence-corrected chi connectivity index (χ3v) is 4.89. The van der Waals surface area contributed by atoms with Crippen LogP contribution < -0.4 is 19.9 Å². The number of nitrogens with two attached hydrogens (primary N) is 1. The number of anilines is 1. The Morgan fingerprint density at radius 3 is 2.50 bits per heavy atom. The van der Waals surface area contributed by atoms with Crippen LogP contribution in [0.15, 0.2) is 35.2 Å². The number of benzene rings is 2. The smallest absolute Gasteiger partial charge is 0.257 e. The summed E-state index contributed by atoms with van der Waals surface area (Å²) in [6.07, 6.45) is 0. The zero-order valence-corrected chi connectivity index (χ0v) is 14.2. The van der Waals surface area contributed by atoms with Gasteiger partial charge < -0.3 is 14.8 Å². The molecule has 3 rings (SSSR count). The number of hydrogen-bond donors (Lipinski definition) is 2. The van der Waals surface area contributed by atoms with Crippen LogP contribution >= 0.6 is 23.2 Å². The summed E-state index contributed by atoms with van der Waals surface area (Å²) in [7, 11) is -4.09. The highest BCUT2D eigenvalue weighted by Gasteiger charge is 2.21. The molecule has 0 radical (unpaired) electrons. The van der Waals surface area contributed by atoms with E-state index in [1.807, 2.05) is 0 Å². The maximum atomic E-state index is 12.4. The number of primary sulfonamides is 1. The molecule has 2 aromatic carbocycles. The van der Waals surface area contributed by atoms with Crippen molar-refractivity contribution in [3.8, 4) is 11.5 Å². The Bertz CT molecular complexity index is 946. The third-order valence-electron chi connectivity index (χ3n) is 3.20. The molecule has 0 saturated carbocycles. The quantitative estimate of drug-likeness (QED) is 0.839. The predicted octanol–water partition coefficient (Wildman–Crippen LogP) is 2.62. The molecule has 1 aliphatic heterocycles. The minimum atomic E-state index is -4.09. The first-order valence-electron chi connectivity index (χ1n) is 6.48. The van der Waals surface area contributed by atoms with E-state index in [2.05, 4.69) is 5.32 Å². The van der Waals surface area contributed by atoms with Gasteiger partial charge in [0.25, 0.3) is 5.91 Å². The molecule has 0 bridgehead atoms. The van der Waals surface area contributed by atoms with Crippen LogP contribution in [0.4, 0.5) is 5.69 Å². The molecule has 0 saturated heterocycles. The number of fused-ring (bicyclic) bond motifs is 1. The van der Waals surface area contributed by atoms with E-state index in [0.717, 1.165) is 12.1 Å². The second-order valence-corrected chi connectivity index (χ2v) is 7.17. The Morgan fingerprint density at radius 2 is 1.79 bits per heavy atom. The zero-order chi connectivity index (χ0) is 17.5. The van der Waals surface area contributed by atoms with Crippen LogP contribution in [0.1, 0.15) is 10.4 Å². The minimum Gasteiger partial charge on any atom is -0.454 e. The fourth-order valence-electron chi connectivity index (χ4n) is 2.09. The number of ether oxygens (including phenoxy) is 2. The van der Waals surface area contributed by atoms with Gasteiger partial charge >= 0.3 is 0 Å². The fourth-order valence-corrected chi connectivity index (χ4v) is 3.50. The minimum absolute atomic E-state index is 0.00866. The van der Waals surface area contributed by atoms with Crippen molar-refractivity contribution in [1.82, 2.24) is 0 Å². The molecule has 0 fully saturated rings. The van der Waals surface area contributed by atoms with Crippen LogP contribution in [0.3, 0.4) is 0 Å². The molecule has 24 heavy (non-hydrogen) atoms. The molecule has 126 valence electrons. The molecule has 0 unspecified atom stereocenters. The lowest BCUT2D eigenvalue weighted by molar-refractivity contribution is 0.102. The van der Waals surface area contributed by atoms with E-state index >= 15 is 0 Å². The van der Waals surface area contributed by atoms with Crippen LogP contribution in [0.5, 0.6) is 11.5 Å². The number of amides is 1. The van der Waals surface area contributed by atoms with Crippen molar-refractivity contribution in [3.05, 3.63) is 45.9 Å². The zero-order valence-electron chi connectivity index (χ0n) is 11.9. The first-order valence-corrected chi connectivity index (χ1v) is 8.79. The predicted molar refractivity (Wildman–Crippen MR) is 88.4 cm³/mol. The molecule has 1 heterocycles. The SMILES string of the molecule is NS(=O)(=O)c1cc(C(=O)Nc2ccc3c(c2)OCO3)c(Cl)cc1Cl. The van der Waals surface area contributed by atoms with Gasteiger partial charge in [-0.1, -0.05) is 23.2 Å². The Kier molecular flexibility index (Phi) is 4.31. The van der Waals surface area contributed by atoms with E-state index in [0.29, 0.717) is 17.2 Å². The van der Waals surface area contributed by atoms with Crippen LogP contribution in [0.2, 0.25) is 10.0 Å². The first kappa shape index (κ1) is 16.8. The summed E-state index contributed by atoms with van der Waals surface area (Å²) in [5, 5.41) is 7.49. The number of hydrogen-bond acceptors (Lipinski definition) is 5. The van der Waals surface area contributed by atoms with Gasteiger partial charge in [-0.05, 0) is 24.3 Å². The molecule has 7 nitrogen and oxygen atoms in total. The van der Waals surface area contributed by atoms with E-state index in [1.165, 1.54) is 0 Å². The second kappa shape index (κ2) is 6.14. The summed E-state index contributed by atoms with van der Waals surface area (Å²) < 4.78 is 33.4. The molecule has 0 aromatic heterocycles. The summed E-state index contributed by atoms with van der Waals surface area (Å²) in [5.41, 5.74) is 0.343. The highest BCUT2D eigenvalue weighted by molar-refractivity contribution is 7.89. The Hall–Kier alpha value is -2.00.